The van der Waals surface area contributed by atoms with Crippen LogP contribution < -0.4 is 20.7 Å². The quantitative estimate of drug-likeness (QED) is 0.162. The third kappa shape index (κ3) is 12.4. The zero-order chi connectivity index (χ0) is 32.8. The summed E-state index contributed by atoms with van der Waals surface area (Å²) in [5.74, 6) is -10.5. The van der Waals surface area contributed by atoms with Gasteiger partial charge in [-0.3, -0.25) is 14.4 Å². The predicted molar refractivity (Wildman–Crippen MR) is 154 cm³/mol. The maximum absolute atomic E-state index is 13.9. The minimum atomic E-state index is -1.84. The molecule has 1 aliphatic heterocycles. The summed E-state index contributed by atoms with van der Waals surface area (Å²) in [5.41, 5.74) is 0.958. The number of halogens is 5. The summed E-state index contributed by atoms with van der Waals surface area (Å²) in [7, 11) is 0. The molecular weight excluding hydrogens is 610 g/mol. The van der Waals surface area contributed by atoms with E-state index in [-0.39, 0.29) is 25.0 Å². The molecule has 1 fully saturated rings. The van der Waals surface area contributed by atoms with Gasteiger partial charge in [0.15, 0.2) is 23.2 Å². The molecule has 0 spiro atoms. The van der Waals surface area contributed by atoms with Crippen LogP contribution in [0.5, 0.6) is 5.75 Å². The number of nitrogens with one attached hydrogen (secondary N) is 3. The average Bonchev–Trinajstić information content (AvgIpc) is 3.36. The zero-order valence-electron chi connectivity index (χ0n) is 24.6. The van der Waals surface area contributed by atoms with E-state index >= 15 is 0 Å². The van der Waals surface area contributed by atoms with E-state index in [2.05, 4.69) is 36.7 Å². The molecule has 3 amide bonds. The molecule has 0 radical (unpaired) electrons. The summed E-state index contributed by atoms with van der Waals surface area (Å²) in [5, 5.41) is 7.72. The van der Waals surface area contributed by atoms with Crippen molar-refractivity contribution in [3.05, 3.63) is 64.2 Å². The number of ether oxygens (including phenoxy) is 2. The average molecular weight is 646 g/mol. The molecule has 242 valence electrons. The van der Waals surface area contributed by atoms with Gasteiger partial charge in [-0.1, -0.05) is 44.5 Å². The van der Waals surface area contributed by atoms with Gasteiger partial charge >= 0.3 is 6.09 Å². The lowest BCUT2D eigenvalue weighted by Gasteiger charge is -2.20. The fourth-order valence-corrected chi connectivity index (χ4v) is 4.14. The van der Waals surface area contributed by atoms with Gasteiger partial charge in [0.05, 0.1) is 12.6 Å². The van der Waals surface area contributed by atoms with Gasteiger partial charge in [-0.2, -0.15) is 8.78 Å². The van der Waals surface area contributed by atoms with Crippen LogP contribution in [-0.2, 0) is 25.5 Å². The first-order valence-corrected chi connectivity index (χ1v) is 14.4. The van der Waals surface area contributed by atoms with Crippen LogP contribution in [0.15, 0.2) is 30.3 Å². The Morgan fingerprint density at radius 3 is 2.32 bits per heavy atom. The number of hydrogen-bond acceptors (Lipinski definition) is 6. The number of rotatable bonds is 13. The first kappa shape index (κ1) is 36.3. The maximum Gasteiger partial charge on any atom is 0.407 e. The van der Waals surface area contributed by atoms with Crippen LogP contribution >= 0.6 is 11.6 Å². The minimum Gasteiger partial charge on any atom is -0.479 e. The highest BCUT2D eigenvalue weighted by Gasteiger charge is 2.32. The Kier molecular flexibility index (Phi) is 14.9. The Bertz CT molecular complexity index is 1280. The Labute approximate surface area is 258 Å². The number of carbonyl (C=O) groups is 4. The van der Waals surface area contributed by atoms with E-state index in [0.717, 1.165) is 11.5 Å². The van der Waals surface area contributed by atoms with Crippen molar-refractivity contribution in [3.8, 4) is 5.75 Å². The monoisotopic (exact) mass is 645 g/mol. The molecule has 1 saturated heterocycles. The summed E-state index contributed by atoms with van der Waals surface area (Å²) >= 11 is 5.92. The molecule has 0 aromatic heterocycles. The van der Waals surface area contributed by atoms with Gasteiger partial charge in [0.25, 0.3) is 0 Å². The van der Waals surface area contributed by atoms with Gasteiger partial charge in [-0.15, -0.1) is 0 Å². The molecule has 1 aliphatic rings. The van der Waals surface area contributed by atoms with E-state index in [1.807, 2.05) is 6.07 Å². The topological polar surface area (TPSA) is 123 Å². The second kappa shape index (κ2) is 18.1. The van der Waals surface area contributed by atoms with Crippen molar-refractivity contribution >= 4 is 35.3 Å². The van der Waals surface area contributed by atoms with Crippen LogP contribution in [-0.4, -0.2) is 56.0 Å². The predicted octanol–water partition coefficient (Wildman–Crippen LogP) is 4.88. The van der Waals surface area contributed by atoms with Gasteiger partial charge < -0.3 is 25.4 Å². The summed E-state index contributed by atoms with van der Waals surface area (Å²) in [4.78, 5) is 49.1. The van der Waals surface area contributed by atoms with E-state index in [1.165, 1.54) is 0 Å². The van der Waals surface area contributed by atoms with Gasteiger partial charge in [0.1, 0.15) is 13.2 Å². The molecule has 0 saturated carbocycles. The van der Waals surface area contributed by atoms with E-state index in [9.17, 15) is 36.7 Å². The second-order valence-electron chi connectivity index (χ2n) is 10.6. The van der Waals surface area contributed by atoms with Crippen LogP contribution in [0.4, 0.5) is 22.4 Å². The summed E-state index contributed by atoms with van der Waals surface area (Å²) < 4.78 is 64.3. The first-order chi connectivity index (χ1) is 20.8. The Balaban J connectivity index is 0.00000159. The summed E-state index contributed by atoms with van der Waals surface area (Å²) in [6, 6.07) is 5.80. The molecule has 0 aliphatic carbocycles. The van der Waals surface area contributed by atoms with Gasteiger partial charge in [0.2, 0.25) is 23.4 Å². The molecule has 9 nitrogen and oxygen atoms in total. The molecule has 2 aromatic rings. The molecular formula is C30H36ClF4N3O6. The number of aryl methyl sites for hydroxylation is 1. The second-order valence-corrected chi connectivity index (χ2v) is 11.1. The fraction of sp³-hybridized carbons (Fsp3) is 0.467. The number of hydrogen-bond donors (Lipinski definition) is 3. The van der Waals surface area contributed by atoms with Crippen molar-refractivity contribution in [3.63, 3.8) is 0 Å². The molecule has 14 heteroatoms. The number of carbonyl (C=O) groups excluding carboxylic acids is 4. The Morgan fingerprint density at radius 2 is 1.73 bits per heavy atom. The molecule has 0 bridgehead atoms. The van der Waals surface area contributed by atoms with Crippen LogP contribution in [0.25, 0.3) is 0 Å². The minimum absolute atomic E-state index is 0.0155. The van der Waals surface area contributed by atoms with Gasteiger partial charge in [0, 0.05) is 23.6 Å². The van der Waals surface area contributed by atoms with E-state index < -0.39 is 71.9 Å². The maximum atomic E-state index is 13.9. The highest BCUT2D eigenvalue weighted by Crippen LogP contribution is 2.26. The Hall–Kier alpha value is -3.87. The number of amides is 3. The van der Waals surface area contributed by atoms with Crippen molar-refractivity contribution in [2.75, 3.05) is 26.3 Å². The Morgan fingerprint density at radius 1 is 1.07 bits per heavy atom. The third-order valence-electron chi connectivity index (χ3n) is 5.96. The van der Waals surface area contributed by atoms with E-state index in [0.29, 0.717) is 30.8 Å². The molecule has 3 N–H and O–H groups in total. The van der Waals surface area contributed by atoms with E-state index in [1.54, 1.807) is 18.2 Å². The van der Waals surface area contributed by atoms with Gasteiger partial charge in [-0.05, 0) is 49.3 Å². The first-order valence-electron chi connectivity index (χ1n) is 14.0. The van der Waals surface area contributed by atoms with Crippen molar-refractivity contribution in [1.82, 2.24) is 16.0 Å². The van der Waals surface area contributed by atoms with Gasteiger partial charge in [-0.25, -0.2) is 13.6 Å². The highest BCUT2D eigenvalue weighted by atomic mass is 35.5. The zero-order valence-corrected chi connectivity index (χ0v) is 25.4. The standard InChI is InChI=1S/C26H26ClF4N3O6.C4H10/c27-16-5-1-3-14(9-16)4-2-8-39-26(38)33-12-21(36)34-19(10-15-6-7-32-25(15)37)20(35)13-40-24-22(30)17(28)11-18(29)23(24)31;1-4(2)3/h1,3,5,9,11,15,19H,2,4,6-8,10,12-13H2,(H,32,37)(H,33,38)(H,34,36);4H,1-3H3. The lowest BCUT2D eigenvalue weighted by molar-refractivity contribution is -0.130. The van der Waals surface area contributed by atoms with Crippen LogP contribution in [0.2, 0.25) is 5.02 Å². The van der Waals surface area contributed by atoms with Crippen molar-refractivity contribution < 1.29 is 46.2 Å². The summed E-state index contributed by atoms with van der Waals surface area (Å²) in [6.45, 7) is 5.24. The number of benzene rings is 2. The molecule has 3 rings (SSSR count). The molecule has 2 aromatic carbocycles. The number of Topliss-reactive ketones (excluding diaryl/α,β-unsaturated/α-hetero) is 1. The lowest BCUT2D eigenvalue weighted by atomic mass is 9.96. The molecule has 1 heterocycles. The fourth-order valence-electron chi connectivity index (χ4n) is 3.93. The van der Waals surface area contributed by atoms with Crippen LogP contribution in [0.3, 0.4) is 0 Å². The molecule has 44 heavy (non-hydrogen) atoms. The number of ketones is 1. The van der Waals surface area contributed by atoms with E-state index in [4.69, 9.17) is 21.1 Å². The normalized spacial score (nSPS) is 14.7. The van der Waals surface area contributed by atoms with Crippen molar-refractivity contribution in [2.24, 2.45) is 11.8 Å². The third-order valence-corrected chi connectivity index (χ3v) is 6.20. The summed E-state index contributed by atoms with van der Waals surface area (Å²) in [6.07, 6.45) is 0.386. The highest BCUT2D eigenvalue weighted by molar-refractivity contribution is 6.30. The van der Waals surface area contributed by atoms with Crippen molar-refractivity contribution in [2.45, 2.75) is 52.5 Å². The molecule has 2 unspecified atom stereocenters. The number of alkyl carbamates (subject to hydrolysis) is 1. The SMILES string of the molecule is CC(C)C.O=C(CNC(=O)OCCCc1cccc(Cl)c1)NC(CC1CCNC1=O)C(=O)COc1c(F)c(F)cc(F)c1F. The largest absolute Gasteiger partial charge is 0.479 e. The van der Waals surface area contributed by atoms with Crippen LogP contribution in [0.1, 0.15) is 45.6 Å². The smallest absolute Gasteiger partial charge is 0.407 e. The lowest BCUT2D eigenvalue weighted by Crippen LogP contribution is -2.48. The molecule has 2 atom stereocenters. The van der Waals surface area contributed by atoms with Crippen molar-refractivity contribution in [1.29, 1.82) is 0 Å². The van der Waals surface area contributed by atoms with Crippen LogP contribution in [0, 0.1) is 35.1 Å².